The van der Waals surface area contributed by atoms with Crippen LogP contribution in [0.2, 0.25) is 0 Å². The van der Waals surface area contributed by atoms with Crippen LogP contribution in [0.3, 0.4) is 0 Å². The molecule has 124 valence electrons. The molecule has 0 atom stereocenters. The molecule has 2 amide bonds. The summed E-state index contributed by atoms with van der Waals surface area (Å²) in [6, 6.07) is 7.42. The van der Waals surface area contributed by atoms with Gasteiger partial charge in [0, 0.05) is 36.5 Å². The number of rotatable bonds is 6. The number of carbonyl (C=O) groups is 1. The summed E-state index contributed by atoms with van der Waals surface area (Å²) in [5.41, 5.74) is 4.06. The van der Waals surface area contributed by atoms with Gasteiger partial charge in [-0.05, 0) is 26.8 Å². The van der Waals surface area contributed by atoms with E-state index in [0.29, 0.717) is 13.1 Å². The third-order valence-corrected chi connectivity index (χ3v) is 3.89. The lowest BCUT2D eigenvalue weighted by Gasteiger charge is -2.11. The number of para-hydroxylation sites is 1. The first kappa shape index (κ1) is 16.9. The number of methoxy groups -OCH3 is 1. The fraction of sp³-hybridized carbons (Fsp3) is 0.412. The van der Waals surface area contributed by atoms with Gasteiger partial charge >= 0.3 is 6.03 Å². The number of ether oxygens (including phenoxy) is 1. The Kier molecular flexibility index (Phi) is 5.62. The maximum atomic E-state index is 12.0. The second kappa shape index (κ2) is 7.67. The van der Waals surface area contributed by atoms with Crippen LogP contribution in [0.5, 0.6) is 5.75 Å². The van der Waals surface area contributed by atoms with Crippen molar-refractivity contribution in [1.82, 2.24) is 20.4 Å². The highest BCUT2D eigenvalue weighted by Crippen LogP contribution is 2.16. The van der Waals surface area contributed by atoms with E-state index in [1.807, 2.05) is 42.8 Å². The Balaban J connectivity index is 1.90. The molecule has 1 aromatic carbocycles. The molecular weight excluding hydrogens is 292 g/mol. The van der Waals surface area contributed by atoms with Gasteiger partial charge in [-0.3, -0.25) is 4.68 Å². The number of amides is 2. The first-order valence-electron chi connectivity index (χ1n) is 7.73. The summed E-state index contributed by atoms with van der Waals surface area (Å²) in [5.74, 6) is 0.767. The van der Waals surface area contributed by atoms with Gasteiger partial charge < -0.3 is 15.4 Å². The van der Waals surface area contributed by atoms with Crippen molar-refractivity contribution in [3.05, 3.63) is 46.8 Å². The number of nitrogens with one attached hydrogen (secondary N) is 2. The number of benzene rings is 1. The molecular formula is C17H24N4O2. The summed E-state index contributed by atoms with van der Waals surface area (Å²) >= 11 is 0. The van der Waals surface area contributed by atoms with Crippen LogP contribution in [0.25, 0.3) is 0 Å². The Morgan fingerprint density at radius 1 is 1.22 bits per heavy atom. The van der Waals surface area contributed by atoms with Crippen molar-refractivity contribution in [2.45, 2.75) is 40.4 Å². The molecule has 1 aromatic heterocycles. The third kappa shape index (κ3) is 4.03. The fourth-order valence-electron chi connectivity index (χ4n) is 2.55. The van der Waals surface area contributed by atoms with Gasteiger partial charge in [0.05, 0.1) is 12.8 Å². The summed E-state index contributed by atoms with van der Waals surface area (Å²) in [6.07, 6.45) is 0. The molecule has 0 spiro atoms. The van der Waals surface area contributed by atoms with Gasteiger partial charge in [0.2, 0.25) is 0 Å². The van der Waals surface area contributed by atoms with E-state index in [2.05, 4.69) is 22.7 Å². The minimum Gasteiger partial charge on any atom is -0.496 e. The monoisotopic (exact) mass is 316 g/mol. The summed E-state index contributed by atoms with van der Waals surface area (Å²) in [4.78, 5) is 12.0. The SMILES string of the molecule is CCn1nc(C)c(CNC(=O)NCc2ccccc2OC)c1C. The molecule has 2 rings (SSSR count). The topological polar surface area (TPSA) is 68.2 Å². The number of urea groups is 1. The van der Waals surface area contributed by atoms with Crippen LogP contribution in [0, 0.1) is 13.8 Å². The summed E-state index contributed by atoms with van der Waals surface area (Å²) in [7, 11) is 1.62. The number of carbonyl (C=O) groups excluding carboxylic acids is 1. The van der Waals surface area contributed by atoms with Crippen LogP contribution in [0.1, 0.15) is 29.4 Å². The zero-order valence-electron chi connectivity index (χ0n) is 14.1. The van der Waals surface area contributed by atoms with Gasteiger partial charge in [0.15, 0.2) is 0 Å². The smallest absolute Gasteiger partial charge is 0.315 e. The first-order valence-corrected chi connectivity index (χ1v) is 7.73. The lowest BCUT2D eigenvalue weighted by Crippen LogP contribution is -2.34. The van der Waals surface area contributed by atoms with Gasteiger partial charge in [-0.15, -0.1) is 0 Å². The van der Waals surface area contributed by atoms with Crippen molar-refractivity contribution in [3.63, 3.8) is 0 Å². The van der Waals surface area contributed by atoms with Crippen molar-refractivity contribution in [1.29, 1.82) is 0 Å². The molecule has 23 heavy (non-hydrogen) atoms. The number of hydrogen-bond acceptors (Lipinski definition) is 3. The predicted molar refractivity (Wildman–Crippen MR) is 89.4 cm³/mol. The number of aromatic nitrogens is 2. The van der Waals surface area contributed by atoms with Crippen molar-refractivity contribution >= 4 is 6.03 Å². The standard InChI is InChI=1S/C17H24N4O2/c1-5-21-13(3)15(12(2)20-21)11-19-17(22)18-10-14-8-6-7-9-16(14)23-4/h6-9H,5,10-11H2,1-4H3,(H2,18,19,22). The molecule has 0 bridgehead atoms. The van der Waals surface area contributed by atoms with Gasteiger partial charge in [-0.1, -0.05) is 18.2 Å². The number of aryl methyl sites for hydroxylation is 2. The van der Waals surface area contributed by atoms with Crippen LogP contribution in [0.4, 0.5) is 4.79 Å². The molecule has 6 heteroatoms. The van der Waals surface area contributed by atoms with Crippen LogP contribution in [-0.4, -0.2) is 22.9 Å². The molecule has 0 radical (unpaired) electrons. The second-order valence-corrected chi connectivity index (χ2v) is 5.31. The molecule has 6 nitrogen and oxygen atoms in total. The predicted octanol–water partition coefficient (Wildman–Crippen LogP) is 2.53. The Labute approximate surface area is 136 Å². The quantitative estimate of drug-likeness (QED) is 0.860. The number of nitrogens with zero attached hydrogens (tertiary/aromatic N) is 2. The van der Waals surface area contributed by atoms with Crippen LogP contribution in [-0.2, 0) is 19.6 Å². The molecule has 0 aliphatic rings. The van der Waals surface area contributed by atoms with Crippen molar-refractivity contribution in [2.75, 3.05) is 7.11 Å². The highest BCUT2D eigenvalue weighted by atomic mass is 16.5. The Morgan fingerprint density at radius 3 is 2.57 bits per heavy atom. The molecule has 1 heterocycles. The van der Waals surface area contributed by atoms with Gasteiger partial charge in [0.1, 0.15) is 5.75 Å². The van der Waals surface area contributed by atoms with Crippen molar-refractivity contribution in [2.24, 2.45) is 0 Å². The van der Waals surface area contributed by atoms with Crippen LogP contribution < -0.4 is 15.4 Å². The summed E-state index contributed by atoms with van der Waals surface area (Å²) < 4.78 is 7.21. The summed E-state index contributed by atoms with van der Waals surface area (Å²) in [6.45, 7) is 7.75. The van der Waals surface area contributed by atoms with Crippen molar-refractivity contribution in [3.8, 4) is 5.75 Å². The van der Waals surface area contributed by atoms with Gasteiger partial charge in [-0.25, -0.2) is 4.79 Å². The molecule has 0 aliphatic carbocycles. The van der Waals surface area contributed by atoms with E-state index in [0.717, 1.165) is 34.8 Å². The van der Waals surface area contributed by atoms with Gasteiger partial charge in [-0.2, -0.15) is 5.10 Å². The Morgan fingerprint density at radius 2 is 1.91 bits per heavy atom. The zero-order chi connectivity index (χ0) is 16.8. The Hall–Kier alpha value is -2.50. The normalized spacial score (nSPS) is 10.4. The average molecular weight is 316 g/mol. The number of hydrogen-bond donors (Lipinski definition) is 2. The maximum absolute atomic E-state index is 12.0. The molecule has 0 unspecified atom stereocenters. The van der Waals surface area contributed by atoms with Gasteiger partial charge in [0.25, 0.3) is 0 Å². The van der Waals surface area contributed by atoms with Crippen LogP contribution >= 0.6 is 0 Å². The molecule has 2 aromatic rings. The molecule has 2 N–H and O–H groups in total. The zero-order valence-corrected chi connectivity index (χ0v) is 14.1. The fourth-order valence-corrected chi connectivity index (χ4v) is 2.55. The third-order valence-electron chi connectivity index (χ3n) is 3.89. The van der Waals surface area contributed by atoms with Crippen LogP contribution in [0.15, 0.2) is 24.3 Å². The van der Waals surface area contributed by atoms with E-state index in [4.69, 9.17) is 4.74 Å². The largest absolute Gasteiger partial charge is 0.496 e. The van der Waals surface area contributed by atoms with E-state index in [9.17, 15) is 4.79 Å². The Bertz CT molecular complexity index is 679. The van der Waals surface area contributed by atoms with E-state index < -0.39 is 0 Å². The van der Waals surface area contributed by atoms with E-state index >= 15 is 0 Å². The van der Waals surface area contributed by atoms with E-state index in [1.165, 1.54) is 0 Å². The average Bonchev–Trinajstić information content (AvgIpc) is 2.84. The molecule has 0 saturated heterocycles. The highest BCUT2D eigenvalue weighted by molar-refractivity contribution is 5.74. The molecule has 0 aliphatic heterocycles. The minimum atomic E-state index is -0.209. The maximum Gasteiger partial charge on any atom is 0.315 e. The second-order valence-electron chi connectivity index (χ2n) is 5.31. The van der Waals surface area contributed by atoms with E-state index in [1.54, 1.807) is 7.11 Å². The van der Waals surface area contributed by atoms with Crippen molar-refractivity contribution < 1.29 is 9.53 Å². The first-order chi connectivity index (χ1) is 11.1. The lowest BCUT2D eigenvalue weighted by molar-refractivity contribution is 0.240. The minimum absolute atomic E-state index is 0.209. The molecule has 0 fully saturated rings. The summed E-state index contributed by atoms with van der Waals surface area (Å²) in [5, 5.41) is 10.2. The molecule has 0 saturated carbocycles. The lowest BCUT2D eigenvalue weighted by atomic mass is 10.2. The highest BCUT2D eigenvalue weighted by Gasteiger charge is 2.11. The van der Waals surface area contributed by atoms with E-state index in [-0.39, 0.29) is 6.03 Å².